The summed E-state index contributed by atoms with van der Waals surface area (Å²) in [6.45, 7) is 3.08. The molecule has 0 radical (unpaired) electrons. The quantitative estimate of drug-likeness (QED) is 0.236. The minimum absolute atomic E-state index is 0.118. The van der Waals surface area contributed by atoms with E-state index in [9.17, 15) is 5.11 Å². The summed E-state index contributed by atoms with van der Waals surface area (Å²) < 4.78 is 11.2. The second-order valence-electron chi connectivity index (χ2n) is 7.08. The van der Waals surface area contributed by atoms with Crippen molar-refractivity contribution in [2.75, 3.05) is 18.7 Å². The Bertz CT molecular complexity index is 1280. The van der Waals surface area contributed by atoms with Gasteiger partial charge in [-0.2, -0.15) is 0 Å². The van der Waals surface area contributed by atoms with Crippen molar-refractivity contribution in [1.29, 1.82) is 0 Å². The maximum atomic E-state index is 9.70. The highest BCUT2D eigenvalue weighted by Crippen LogP contribution is 2.35. The first-order valence-corrected chi connectivity index (χ1v) is 10.3. The molecule has 0 saturated carbocycles. The van der Waals surface area contributed by atoms with E-state index in [2.05, 4.69) is 21.4 Å². The van der Waals surface area contributed by atoms with E-state index >= 15 is 0 Å². The van der Waals surface area contributed by atoms with Gasteiger partial charge in [0.15, 0.2) is 12.6 Å². The molecule has 6 nitrogen and oxygen atoms in total. The van der Waals surface area contributed by atoms with Gasteiger partial charge in [-0.1, -0.05) is 42.3 Å². The molecule has 0 amide bonds. The fourth-order valence-corrected chi connectivity index (χ4v) is 3.40. The lowest BCUT2D eigenvalue weighted by Crippen LogP contribution is -2.06. The average molecular weight is 425 g/mol. The van der Waals surface area contributed by atoms with Crippen LogP contribution in [-0.4, -0.2) is 28.7 Å². The van der Waals surface area contributed by atoms with Crippen LogP contribution < -0.4 is 10.1 Å². The smallest absolute Gasteiger partial charge is 0.189 e. The number of aromatic hydroxyl groups is 1. The molecule has 1 heterocycles. The van der Waals surface area contributed by atoms with Crippen LogP contribution in [0.5, 0.6) is 11.5 Å². The maximum Gasteiger partial charge on any atom is 0.189 e. The predicted octanol–water partition coefficient (Wildman–Crippen LogP) is 4.97. The fourth-order valence-electron chi connectivity index (χ4n) is 3.40. The van der Waals surface area contributed by atoms with Crippen LogP contribution in [0.3, 0.4) is 0 Å². The number of hydrogen-bond acceptors (Lipinski definition) is 6. The van der Waals surface area contributed by atoms with Crippen LogP contribution >= 0.6 is 0 Å². The highest BCUT2D eigenvalue weighted by Gasteiger charge is 2.15. The summed E-state index contributed by atoms with van der Waals surface area (Å²) >= 11 is 0. The van der Waals surface area contributed by atoms with Gasteiger partial charge in [-0.05, 0) is 42.8 Å². The van der Waals surface area contributed by atoms with E-state index in [0.29, 0.717) is 36.0 Å². The molecule has 160 valence electrons. The number of anilines is 1. The van der Waals surface area contributed by atoms with E-state index < -0.39 is 0 Å². The van der Waals surface area contributed by atoms with Crippen LogP contribution in [0.2, 0.25) is 0 Å². The Labute approximate surface area is 186 Å². The highest BCUT2D eigenvalue weighted by molar-refractivity contribution is 6.00. The number of ether oxygens (including phenoxy) is 2. The summed E-state index contributed by atoms with van der Waals surface area (Å²) in [5.74, 6) is 4.11. The Kier molecular flexibility index (Phi) is 6.49. The zero-order valence-corrected chi connectivity index (χ0v) is 17.7. The number of nitrogens with one attached hydrogen (secondary N) is 1. The van der Waals surface area contributed by atoms with Crippen molar-refractivity contribution in [3.63, 3.8) is 0 Å². The van der Waals surface area contributed by atoms with E-state index in [0.717, 1.165) is 21.9 Å². The first-order valence-electron chi connectivity index (χ1n) is 10.3. The van der Waals surface area contributed by atoms with Gasteiger partial charge in [0, 0.05) is 35.1 Å². The van der Waals surface area contributed by atoms with Gasteiger partial charge in [0.25, 0.3) is 0 Å². The van der Waals surface area contributed by atoms with Crippen LogP contribution in [0.4, 0.5) is 5.82 Å². The van der Waals surface area contributed by atoms with Crippen LogP contribution in [0, 0.1) is 12.3 Å². The Morgan fingerprint density at radius 2 is 1.84 bits per heavy atom. The number of rotatable bonds is 8. The molecule has 0 saturated heterocycles. The predicted molar refractivity (Wildman–Crippen MR) is 125 cm³/mol. The lowest BCUT2D eigenvalue weighted by molar-refractivity contribution is 0.0227. The average Bonchev–Trinajstić information content (AvgIpc) is 2.83. The maximum absolute atomic E-state index is 9.70. The summed E-state index contributed by atoms with van der Waals surface area (Å²) in [5.41, 5.74) is 3.13. The summed E-state index contributed by atoms with van der Waals surface area (Å²) in [6.07, 6.45) is 5.57. The van der Waals surface area contributed by atoms with Gasteiger partial charge >= 0.3 is 0 Å². The third kappa shape index (κ3) is 4.64. The van der Waals surface area contributed by atoms with Crippen LogP contribution in [0.1, 0.15) is 18.1 Å². The van der Waals surface area contributed by atoms with E-state index in [1.54, 1.807) is 18.2 Å². The minimum atomic E-state index is 0.118. The van der Waals surface area contributed by atoms with Gasteiger partial charge in [-0.3, -0.25) is 0 Å². The number of hydrogen-bond donors (Lipinski definition) is 2. The van der Waals surface area contributed by atoms with Crippen molar-refractivity contribution in [3.8, 4) is 35.1 Å². The molecular weight excluding hydrogens is 402 g/mol. The van der Waals surface area contributed by atoms with E-state index in [-0.39, 0.29) is 12.5 Å². The van der Waals surface area contributed by atoms with Crippen LogP contribution in [0.15, 0.2) is 66.7 Å². The zero-order valence-electron chi connectivity index (χ0n) is 17.7. The van der Waals surface area contributed by atoms with Gasteiger partial charge in [0.05, 0.1) is 0 Å². The summed E-state index contributed by atoms with van der Waals surface area (Å²) in [6, 6.07) is 20.6. The summed E-state index contributed by atoms with van der Waals surface area (Å²) in [5, 5.41) is 23.8. The second-order valence-corrected chi connectivity index (χ2v) is 7.08. The molecule has 2 N–H and O–H groups in total. The molecule has 6 heteroatoms. The first kappa shape index (κ1) is 21.2. The number of aromatic nitrogens is 2. The lowest BCUT2D eigenvalue weighted by atomic mass is 10.0. The number of fused-ring (bicyclic) bond motifs is 1. The van der Waals surface area contributed by atoms with Crippen molar-refractivity contribution < 1.29 is 14.6 Å². The third-order valence-corrected chi connectivity index (χ3v) is 4.96. The topological polar surface area (TPSA) is 76.5 Å². The van der Waals surface area contributed by atoms with Crippen LogP contribution in [0.25, 0.3) is 22.0 Å². The molecule has 0 bridgehead atoms. The Morgan fingerprint density at radius 3 is 2.62 bits per heavy atom. The lowest BCUT2D eigenvalue weighted by Gasteiger charge is -2.15. The van der Waals surface area contributed by atoms with Crippen molar-refractivity contribution in [1.82, 2.24) is 10.2 Å². The van der Waals surface area contributed by atoms with Crippen molar-refractivity contribution in [2.45, 2.75) is 13.5 Å². The molecule has 0 atom stereocenters. The first-order chi connectivity index (χ1) is 15.7. The molecule has 0 aliphatic rings. The number of terminal acetylenes is 1. The van der Waals surface area contributed by atoms with Crippen molar-refractivity contribution in [3.05, 3.63) is 77.9 Å². The normalized spacial score (nSPS) is 10.6. The van der Waals surface area contributed by atoms with E-state index in [4.69, 9.17) is 15.9 Å². The van der Waals surface area contributed by atoms with Crippen LogP contribution in [-0.2, 0) is 11.3 Å². The molecular formula is C26H23N3O3. The highest BCUT2D eigenvalue weighted by atomic mass is 16.7. The fraction of sp³-hybridized carbons (Fsp3) is 0.154. The molecule has 4 aromatic rings. The van der Waals surface area contributed by atoms with Gasteiger partial charge in [-0.15, -0.1) is 16.6 Å². The van der Waals surface area contributed by atoms with Gasteiger partial charge in [0.2, 0.25) is 0 Å². The van der Waals surface area contributed by atoms with Crippen molar-refractivity contribution >= 4 is 16.6 Å². The number of benzene rings is 3. The minimum Gasteiger partial charge on any atom is -0.508 e. The molecule has 0 spiro atoms. The Balaban J connectivity index is 1.72. The molecule has 3 aromatic carbocycles. The monoisotopic (exact) mass is 425 g/mol. The van der Waals surface area contributed by atoms with Crippen molar-refractivity contribution in [2.24, 2.45) is 0 Å². The molecule has 0 fully saturated rings. The Hall–Kier alpha value is -4.08. The number of nitrogens with zero attached hydrogens (tertiary/aromatic N) is 2. The van der Waals surface area contributed by atoms with E-state index in [1.165, 1.54) is 0 Å². The number of phenols is 1. The van der Waals surface area contributed by atoms with Gasteiger partial charge in [0.1, 0.15) is 17.2 Å². The molecule has 0 unspecified atom stereocenters. The van der Waals surface area contributed by atoms with Gasteiger partial charge < -0.3 is 19.9 Å². The molecule has 4 rings (SSSR count). The van der Waals surface area contributed by atoms with Gasteiger partial charge in [-0.25, -0.2) is 0 Å². The standard InChI is InChI=1S/C26H23N3O3/c1-3-18-12-13-23(24(15-18)32-17-31-4-2)25-21-10-5-6-11-22(21)26(29-28-25)27-16-19-8-7-9-20(30)14-19/h1,5-15,30H,4,16-17H2,2H3,(H,27,29). The SMILES string of the molecule is C#Cc1ccc(-c2nnc(NCc3cccc(O)c3)c3ccccc23)c(OCOCC)c1. The largest absolute Gasteiger partial charge is 0.508 e. The zero-order chi connectivity index (χ0) is 22.3. The molecule has 32 heavy (non-hydrogen) atoms. The summed E-state index contributed by atoms with van der Waals surface area (Å²) in [4.78, 5) is 0. The number of phenolic OH excluding ortho intramolecular Hbond substituents is 1. The third-order valence-electron chi connectivity index (χ3n) is 4.96. The van der Waals surface area contributed by atoms with E-state index in [1.807, 2.05) is 55.5 Å². The molecule has 0 aliphatic heterocycles. The molecule has 1 aromatic heterocycles. The Morgan fingerprint density at radius 1 is 1.00 bits per heavy atom. The second kappa shape index (κ2) is 9.82. The molecule has 0 aliphatic carbocycles. The summed E-state index contributed by atoms with van der Waals surface area (Å²) in [7, 11) is 0.